The molecular formula is C27H24Cl4N4O7S. The van der Waals surface area contributed by atoms with Gasteiger partial charge in [-0.05, 0) is 48.7 Å². The van der Waals surface area contributed by atoms with Crippen LogP contribution in [0.25, 0.3) is 0 Å². The Morgan fingerprint density at radius 2 is 1.65 bits per heavy atom. The Balaban J connectivity index is 1.46. The van der Waals surface area contributed by atoms with Crippen LogP contribution in [-0.4, -0.2) is 56.2 Å². The number of anilines is 1. The largest absolute Gasteiger partial charge is 0.619 e. The van der Waals surface area contributed by atoms with E-state index in [-0.39, 0.29) is 49.9 Å². The summed E-state index contributed by atoms with van der Waals surface area (Å²) in [5, 5.41) is 16.7. The highest BCUT2D eigenvalue weighted by atomic mass is 35.5. The number of benzene rings is 2. The van der Waals surface area contributed by atoms with Crippen LogP contribution in [0.5, 0.6) is 0 Å². The van der Waals surface area contributed by atoms with Gasteiger partial charge in [-0.1, -0.05) is 58.5 Å². The van der Waals surface area contributed by atoms with Crippen LogP contribution < -0.4 is 15.4 Å². The van der Waals surface area contributed by atoms with E-state index in [1.165, 1.54) is 25.3 Å². The minimum atomic E-state index is -4.12. The van der Waals surface area contributed by atoms with Gasteiger partial charge in [-0.3, -0.25) is 9.59 Å². The van der Waals surface area contributed by atoms with Crippen LogP contribution in [0.4, 0.5) is 5.69 Å². The molecule has 0 spiro atoms. The molecule has 0 radical (unpaired) electrons. The molecule has 0 unspecified atom stereocenters. The van der Waals surface area contributed by atoms with E-state index in [1.54, 1.807) is 24.3 Å². The summed E-state index contributed by atoms with van der Waals surface area (Å²) in [5.74, 6) is -2.03. The molecule has 2 aromatic carbocycles. The zero-order valence-electron chi connectivity index (χ0n) is 22.4. The number of ether oxygens (including phenoxy) is 1. The van der Waals surface area contributed by atoms with Crippen LogP contribution in [0.15, 0.2) is 59.8 Å². The van der Waals surface area contributed by atoms with E-state index < -0.39 is 39.9 Å². The van der Waals surface area contributed by atoms with Gasteiger partial charge in [0.15, 0.2) is 12.4 Å². The highest BCUT2D eigenvalue weighted by molar-refractivity contribution is 7.89. The van der Waals surface area contributed by atoms with E-state index in [0.29, 0.717) is 22.4 Å². The average molecular weight is 690 g/mol. The molecule has 228 valence electrons. The van der Waals surface area contributed by atoms with E-state index >= 15 is 0 Å². The first kappa shape index (κ1) is 32.8. The number of pyridine rings is 1. The second kappa shape index (κ2) is 13.7. The van der Waals surface area contributed by atoms with Crippen molar-refractivity contribution in [3.63, 3.8) is 0 Å². The van der Waals surface area contributed by atoms with Crippen molar-refractivity contribution in [2.24, 2.45) is 0 Å². The predicted octanol–water partition coefficient (Wildman–Crippen LogP) is 4.24. The molecule has 43 heavy (non-hydrogen) atoms. The molecule has 1 aromatic heterocycles. The zero-order valence-corrected chi connectivity index (χ0v) is 26.2. The Morgan fingerprint density at radius 3 is 2.23 bits per heavy atom. The van der Waals surface area contributed by atoms with Crippen LogP contribution in [-0.2, 0) is 30.8 Å². The van der Waals surface area contributed by atoms with Gasteiger partial charge in [-0.2, -0.15) is 9.04 Å². The molecule has 2 heterocycles. The average Bonchev–Trinajstić information content (AvgIpc) is 3.43. The van der Waals surface area contributed by atoms with Gasteiger partial charge in [0.05, 0.1) is 17.6 Å². The summed E-state index contributed by atoms with van der Waals surface area (Å²) in [6.07, 6.45) is 2.68. The van der Waals surface area contributed by atoms with Gasteiger partial charge in [0.25, 0.3) is 5.91 Å². The Morgan fingerprint density at radius 1 is 1.05 bits per heavy atom. The fourth-order valence-corrected chi connectivity index (χ4v) is 7.58. The Hall–Kier alpha value is -3.13. The van der Waals surface area contributed by atoms with E-state index in [1.807, 2.05) is 0 Å². The number of rotatable bonds is 9. The predicted molar refractivity (Wildman–Crippen MR) is 161 cm³/mol. The summed E-state index contributed by atoms with van der Waals surface area (Å²) in [6.45, 7) is 0.0942. The fraction of sp³-hybridized carbons (Fsp3) is 0.259. The number of hydrogen-bond donors (Lipinski definition) is 2. The first-order chi connectivity index (χ1) is 20.3. The summed E-state index contributed by atoms with van der Waals surface area (Å²) >= 11 is 24.0. The lowest BCUT2D eigenvalue weighted by molar-refractivity contribution is -0.605. The zero-order chi connectivity index (χ0) is 31.5. The first-order valence-electron chi connectivity index (χ1n) is 12.6. The summed E-state index contributed by atoms with van der Waals surface area (Å²) in [7, 11) is -2.95. The minimum Gasteiger partial charge on any atom is -0.619 e. The first-order valence-corrected chi connectivity index (χ1v) is 15.6. The maximum atomic E-state index is 13.3. The molecule has 0 saturated carbocycles. The molecule has 11 nitrogen and oxygen atoms in total. The van der Waals surface area contributed by atoms with Crippen molar-refractivity contribution in [3.8, 4) is 0 Å². The van der Waals surface area contributed by atoms with Crippen LogP contribution in [0.1, 0.15) is 28.8 Å². The molecule has 1 fully saturated rings. The van der Waals surface area contributed by atoms with E-state index in [9.17, 15) is 28.0 Å². The third-order valence-electron chi connectivity index (χ3n) is 6.59. The lowest BCUT2D eigenvalue weighted by atomic mass is 10.0. The molecule has 4 rings (SSSR count). The number of methoxy groups -OCH3 is 1. The summed E-state index contributed by atoms with van der Waals surface area (Å²) in [6, 6.07) is 8.06. The Kier molecular flexibility index (Phi) is 10.4. The number of carbonyl (C=O) groups excluding carboxylic acids is 3. The van der Waals surface area contributed by atoms with Crippen molar-refractivity contribution in [3.05, 3.63) is 91.3 Å². The molecular weight excluding hydrogens is 666 g/mol. The summed E-state index contributed by atoms with van der Waals surface area (Å²) in [5.41, 5.74) is 0.891. The van der Waals surface area contributed by atoms with Gasteiger partial charge in [-0.15, -0.1) is 0 Å². The number of hydrogen-bond acceptors (Lipinski definition) is 7. The minimum absolute atomic E-state index is 0.00977. The summed E-state index contributed by atoms with van der Waals surface area (Å²) in [4.78, 5) is 38.4. The normalized spacial score (nSPS) is 16.0. The monoisotopic (exact) mass is 688 g/mol. The fourth-order valence-electron chi connectivity index (χ4n) is 4.58. The smallest absolute Gasteiger partial charge is 0.328 e. The molecule has 1 aliphatic heterocycles. The molecule has 0 aliphatic carbocycles. The van der Waals surface area contributed by atoms with Crippen molar-refractivity contribution >= 4 is 79.9 Å². The van der Waals surface area contributed by atoms with Gasteiger partial charge >= 0.3 is 5.97 Å². The molecule has 2 N–H and O–H groups in total. The van der Waals surface area contributed by atoms with E-state index in [4.69, 9.17) is 51.1 Å². The van der Waals surface area contributed by atoms with Crippen LogP contribution in [0, 0.1) is 5.21 Å². The second-order valence-corrected chi connectivity index (χ2v) is 13.1. The van der Waals surface area contributed by atoms with Gasteiger partial charge < -0.3 is 20.6 Å². The lowest BCUT2D eigenvalue weighted by Crippen LogP contribution is -2.51. The number of nitrogens with zero attached hydrogens (tertiary/aromatic N) is 2. The topological polar surface area (TPSA) is 149 Å². The van der Waals surface area contributed by atoms with Gasteiger partial charge in [-0.25, -0.2) is 13.2 Å². The molecule has 0 bridgehead atoms. The number of esters is 1. The number of nitrogens with one attached hydrogen (secondary N) is 2. The maximum Gasteiger partial charge on any atom is 0.328 e. The van der Waals surface area contributed by atoms with Crippen molar-refractivity contribution in [1.29, 1.82) is 0 Å². The molecule has 1 aliphatic rings. The maximum absolute atomic E-state index is 13.3. The van der Waals surface area contributed by atoms with Gasteiger partial charge in [0, 0.05) is 28.7 Å². The SMILES string of the molecule is COC(=O)[C@H](Cc1ccc(NC(=O)c2c(Cl)c[n+]([O-])cc2Cl)cc1)NC(=O)[C@@H]1CCCN1S(=O)(=O)c1cc(Cl)cc(Cl)c1. The van der Waals surface area contributed by atoms with Gasteiger partial charge in [0.2, 0.25) is 15.9 Å². The van der Waals surface area contributed by atoms with Crippen molar-refractivity contribution < 1.29 is 32.3 Å². The van der Waals surface area contributed by atoms with Crippen LogP contribution in [0.3, 0.4) is 0 Å². The highest BCUT2D eigenvalue weighted by Gasteiger charge is 2.41. The molecule has 2 amide bonds. The standard InChI is InChI=1S/C27H24Cl4N4O7S/c1-42-27(38)22(9-15-4-6-18(7-5-15)32-26(37)24-20(30)13-34(39)14-21(24)31)33-25(36)23-3-2-8-35(23)43(40,41)19-11-16(28)10-17(29)12-19/h4-7,10-14,22-23H,2-3,8-9H2,1H3,(H,32,37)(H,33,36)/t22-,23-/m0/s1. The Labute approximate surface area is 267 Å². The van der Waals surface area contributed by atoms with Gasteiger partial charge in [0.1, 0.15) is 22.1 Å². The molecule has 2 atom stereocenters. The Bertz CT molecular complexity index is 1630. The van der Waals surface area contributed by atoms with E-state index in [2.05, 4.69) is 10.6 Å². The number of sulfonamides is 1. The van der Waals surface area contributed by atoms with Crippen LogP contribution >= 0.6 is 46.4 Å². The number of carbonyl (C=O) groups is 3. The quantitative estimate of drug-likeness (QED) is 0.194. The summed E-state index contributed by atoms with van der Waals surface area (Å²) < 4.78 is 33.0. The molecule has 16 heteroatoms. The van der Waals surface area contributed by atoms with Crippen molar-refractivity contribution in [2.75, 3.05) is 19.0 Å². The van der Waals surface area contributed by atoms with Crippen molar-refractivity contribution in [1.82, 2.24) is 9.62 Å². The molecule has 1 saturated heterocycles. The highest BCUT2D eigenvalue weighted by Crippen LogP contribution is 2.30. The number of amides is 2. The lowest BCUT2D eigenvalue weighted by Gasteiger charge is -2.25. The third kappa shape index (κ3) is 7.69. The second-order valence-electron chi connectivity index (χ2n) is 9.51. The number of halogens is 4. The van der Waals surface area contributed by atoms with E-state index in [0.717, 1.165) is 16.7 Å². The third-order valence-corrected chi connectivity index (χ3v) is 9.48. The van der Waals surface area contributed by atoms with Crippen molar-refractivity contribution in [2.45, 2.75) is 36.2 Å². The number of aromatic nitrogens is 1. The van der Waals surface area contributed by atoms with Crippen LogP contribution in [0.2, 0.25) is 20.1 Å². The molecule has 3 aromatic rings.